The van der Waals surface area contributed by atoms with Crippen LogP contribution in [0.1, 0.15) is 13.3 Å². The Kier molecular flexibility index (Phi) is 1.58. The van der Waals surface area contributed by atoms with Gasteiger partial charge in [-0.15, -0.1) is 11.6 Å². The first-order valence-electron chi connectivity index (χ1n) is 3.68. The van der Waals surface area contributed by atoms with Gasteiger partial charge in [0, 0.05) is 6.42 Å². The molecular formula is C7H9ClO3. The molecule has 0 aromatic rings. The highest BCUT2D eigenvalue weighted by Gasteiger charge is 2.46. The summed E-state index contributed by atoms with van der Waals surface area (Å²) >= 11 is 5.92. The third-order valence-corrected chi connectivity index (χ3v) is 2.62. The van der Waals surface area contributed by atoms with Gasteiger partial charge < -0.3 is 9.47 Å². The average molecular weight is 177 g/mol. The topological polar surface area (TPSA) is 35.5 Å². The van der Waals surface area contributed by atoms with E-state index < -0.39 is 0 Å². The highest BCUT2D eigenvalue weighted by atomic mass is 35.5. The highest BCUT2D eigenvalue weighted by molar-refractivity contribution is 6.21. The molecule has 2 fully saturated rings. The van der Waals surface area contributed by atoms with E-state index in [1.807, 2.05) is 0 Å². The molecule has 0 aliphatic carbocycles. The molecule has 0 unspecified atom stereocenters. The second kappa shape index (κ2) is 2.35. The Balaban J connectivity index is 2.20. The van der Waals surface area contributed by atoms with Crippen LogP contribution in [0, 0.1) is 5.92 Å². The number of halogens is 1. The number of carbonyl (C=O) groups excluding carboxylic acids is 1. The number of esters is 1. The summed E-state index contributed by atoms with van der Waals surface area (Å²) in [4.78, 5) is 11.0. The van der Waals surface area contributed by atoms with Crippen LogP contribution in [0.15, 0.2) is 0 Å². The molecule has 0 radical (unpaired) electrons. The van der Waals surface area contributed by atoms with E-state index in [-0.39, 0.29) is 29.7 Å². The molecule has 4 atom stereocenters. The smallest absolute Gasteiger partial charge is 0.313 e. The fraction of sp³-hybridized carbons (Fsp3) is 0.857. The van der Waals surface area contributed by atoms with Gasteiger partial charge in [-0.05, 0) is 6.92 Å². The number of carbonyl (C=O) groups is 1. The van der Waals surface area contributed by atoms with Crippen LogP contribution < -0.4 is 0 Å². The SMILES string of the molecule is C[C@@H]1C(=O)O[C@H]2C[C@@H](Cl)[C@@H]1O2. The molecule has 0 aromatic carbocycles. The predicted molar refractivity (Wildman–Crippen MR) is 38.2 cm³/mol. The molecule has 0 aromatic heterocycles. The molecule has 11 heavy (non-hydrogen) atoms. The van der Waals surface area contributed by atoms with E-state index in [0.29, 0.717) is 6.42 Å². The molecule has 0 N–H and O–H groups in total. The number of hydrogen-bond acceptors (Lipinski definition) is 3. The Morgan fingerprint density at radius 1 is 1.64 bits per heavy atom. The van der Waals surface area contributed by atoms with Crippen LogP contribution in [-0.2, 0) is 14.3 Å². The van der Waals surface area contributed by atoms with Crippen molar-refractivity contribution in [2.75, 3.05) is 0 Å². The molecule has 2 aliphatic rings. The first-order chi connectivity index (χ1) is 5.18. The molecule has 2 rings (SSSR count). The third-order valence-electron chi connectivity index (χ3n) is 2.20. The Hall–Kier alpha value is -0.280. The second-order valence-electron chi connectivity index (χ2n) is 3.01. The maximum Gasteiger partial charge on any atom is 0.313 e. The van der Waals surface area contributed by atoms with E-state index >= 15 is 0 Å². The fourth-order valence-electron chi connectivity index (χ4n) is 1.51. The molecule has 2 bridgehead atoms. The summed E-state index contributed by atoms with van der Waals surface area (Å²) < 4.78 is 10.2. The molecular weight excluding hydrogens is 168 g/mol. The molecule has 2 heterocycles. The first kappa shape index (κ1) is 7.37. The zero-order valence-corrected chi connectivity index (χ0v) is 6.88. The van der Waals surface area contributed by atoms with E-state index in [1.165, 1.54) is 0 Å². The van der Waals surface area contributed by atoms with Crippen molar-refractivity contribution in [1.29, 1.82) is 0 Å². The van der Waals surface area contributed by atoms with Crippen LogP contribution in [0.5, 0.6) is 0 Å². The van der Waals surface area contributed by atoms with Crippen molar-refractivity contribution < 1.29 is 14.3 Å². The van der Waals surface area contributed by atoms with Crippen LogP contribution in [0.2, 0.25) is 0 Å². The lowest BCUT2D eigenvalue weighted by atomic mass is 10.0. The van der Waals surface area contributed by atoms with E-state index in [4.69, 9.17) is 21.1 Å². The maximum atomic E-state index is 11.0. The monoisotopic (exact) mass is 176 g/mol. The van der Waals surface area contributed by atoms with Gasteiger partial charge in [0.15, 0.2) is 0 Å². The molecule has 0 saturated carbocycles. The largest absolute Gasteiger partial charge is 0.435 e. The standard InChI is InChI=1S/C7H9ClO3/c1-3-6-4(8)2-5(10-6)11-7(3)9/h3-6H,2H2,1H3/t3-,4+,5-,6+/m0/s1. The number of ether oxygens (including phenoxy) is 2. The van der Waals surface area contributed by atoms with E-state index in [2.05, 4.69) is 0 Å². The molecule has 2 saturated heterocycles. The van der Waals surface area contributed by atoms with Crippen LogP contribution in [-0.4, -0.2) is 23.7 Å². The van der Waals surface area contributed by atoms with Crippen molar-refractivity contribution in [3.05, 3.63) is 0 Å². The summed E-state index contributed by atoms with van der Waals surface area (Å²) in [6, 6.07) is 0. The number of alkyl halides is 1. The minimum Gasteiger partial charge on any atom is -0.435 e. The van der Waals surface area contributed by atoms with Gasteiger partial charge in [0.25, 0.3) is 0 Å². The first-order valence-corrected chi connectivity index (χ1v) is 4.12. The zero-order valence-electron chi connectivity index (χ0n) is 6.12. The maximum absolute atomic E-state index is 11.0. The van der Waals surface area contributed by atoms with Gasteiger partial charge in [-0.1, -0.05) is 0 Å². The van der Waals surface area contributed by atoms with E-state index in [9.17, 15) is 4.79 Å². The molecule has 0 amide bonds. The van der Waals surface area contributed by atoms with E-state index in [0.717, 1.165) is 0 Å². The lowest BCUT2D eigenvalue weighted by Gasteiger charge is -2.25. The summed E-state index contributed by atoms with van der Waals surface area (Å²) in [5.74, 6) is -0.398. The van der Waals surface area contributed by atoms with E-state index in [1.54, 1.807) is 6.92 Å². The Labute approximate surface area is 69.6 Å². The molecule has 2 aliphatic heterocycles. The van der Waals surface area contributed by atoms with Crippen molar-refractivity contribution in [2.45, 2.75) is 31.1 Å². The summed E-state index contributed by atoms with van der Waals surface area (Å²) in [7, 11) is 0. The predicted octanol–water partition coefficient (Wildman–Crippen LogP) is 0.902. The van der Waals surface area contributed by atoms with Crippen LogP contribution >= 0.6 is 11.6 Å². The van der Waals surface area contributed by atoms with Gasteiger partial charge in [0.1, 0.15) is 0 Å². The zero-order chi connectivity index (χ0) is 8.01. The lowest BCUT2D eigenvalue weighted by molar-refractivity contribution is -0.206. The minimum absolute atomic E-state index is 0.0681. The summed E-state index contributed by atoms with van der Waals surface area (Å²) in [5, 5.41) is -0.0681. The third kappa shape index (κ3) is 1.03. The van der Waals surface area contributed by atoms with Gasteiger partial charge in [0.2, 0.25) is 6.29 Å². The fourth-order valence-corrected chi connectivity index (χ4v) is 1.94. The van der Waals surface area contributed by atoms with Gasteiger partial charge in [0.05, 0.1) is 17.4 Å². The Morgan fingerprint density at radius 2 is 2.36 bits per heavy atom. The van der Waals surface area contributed by atoms with Crippen molar-refractivity contribution in [2.24, 2.45) is 5.92 Å². The average Bonchev–Trinajstić information content (AvgIpc) is 2.24. The van der Waals surface area contributed by atoms with Crippen molar-refractivity contribution in [3.63, 3.8) is 0 Å². The van der Waals surface area contributed by atoms with Gasteiger partial charge in [-0.2, -0.15) is 0 Å². The quantitative estimate of drug-likeness (QED) is 0.407. The summed E-state index contributed by atoms with van der Waals surface area (Å²) in [6.45, 7) is 1.78. The number of fused-ring (bicyclic) bond motifs is 2. The van der Waals surface area contributed by atoms with Crippen molar-refractivity contribution in [3.8, 4) is 0 Å². The van der Waals surface area contributed by atoms with Gasteiger partial charge in [-0.25, -0.2) is 0 Å². The molecule has 4 heteroatoms. The van der Waals surface area contributed by atoms with Crippen LogP contribution in [0.25, 0.3) is 0 Å². The number of rotatable bonds is 0. The van der Waals surface area contributed by atoms with Crippen molar-refractivity contribution in [1.82, 2.24) is 0 Å². The van der Waals surface area contributed by atoms with Crippen LogP contribution in [0.4, 0.5) is 0 Å². The lowest BCUT2D eigenvalue weighted by Crippen LogP contribution is -2.37. The highest BCUT2D eigenvalue weighted by Crippen LogP contribution is 2.35. The van der Waals surface area contributed by atoms with Gasteiger partial charge in [-0.3, -0.25) is 4.79 Å². The minimum atomic E-state index is -0.383. The summed E-state index contributed by atoms with van der Waals surface area (Å²) in [6.07, 6.45) is 0.108. The Morgan fingerprint density at radius 3 is 3.09 bits per heavy atom. The normalized spacial score (nSPS) is 49.1. The molecule has 62 valence electrons. The van der Waals surface area contributed by atoms with Gasteiger partial charge >= 0.3 is 5.97 Å². The van der Waals surface area contributed by atoms with Crippen LogP contribution in [0.3, 0.4) is 0 Å². The van der Waals surface area contributed by atoms with Crippen molar-refractivity contribution >= 4 is 17.6 Å². The molecule has 3 nitrogen and oxygen atoms in total. The summed E-state index contributed by atoms with van der Waals surface area (Å²) in [5.41, 5.74) is 0. The number of hydrogen-bond donors (Lipinski definition) is 0. The molecule has 0 spiro atoms. The Bertz CT molecular complexity index is 194. The second-order valence-corrected chi connectivity index (χ2v) is 3.57.